The predicted octanol–water partition coefficient (Wildman–Crippen LogP) is 2.04. The van der Waals surface area contributed by atoms with Crippen LogP contribution in [0.5, 0.6) is 0 Å². The highest BCUT2D eigenvalue weighted by Gasteiger charge is 2.42. The Balaban J connectivity index is 1.55. The predicted molar refractivity (Wildman–Crippen MR) is 85.2 cm³/mol. The van der Waals surface area contributed by atoms with Gasteiger partial charge in [-0.2, -0.15) is 0 Å². The largest absolute Gasteiger partial charge is 0.352 e. The maximum absolute atomic E-state index is 12.6. The molecular formula is C17H31N3O. The first kappa shape index (κ1) is 15.3. The van der Waals surface area contributed by atoms with E-state index in [4.69, 9.17) is 0 Å². The van der Waals surface area contributed by atoms with Gasteiger partial charge in [-0.1, -0.05) is 0 Å². The number of hydrogen-bond donors (Lipinski definition) is 2. The monoisotopic (exact) mass is 293 g/mol. The minimum Gasteiger partial charge on any atom is -0.352 e. The first-order valence-electron chi connectivity index (χ1n) is 8.84. The van der Waals surface area contributed by atoms with E-state index in [9.17, 15) is 4.79 Å². The molecule has 0 bridgehead atoms. The standard InChI is InChI=1S/C17H31N3O/c1-12-5-6-13(2)20(12)14(3)16(21)19-15-7-10-18-17(11-15)8-4-9-17/h12-15,18H,4-11H2,1-3H3,(H,19,21). The fourth-order valence-corrected chi connectivity index (χ4v) is 4.70. The molecule has 4 heteroatoms. The number of hydrogen-bond acceptors (Lipinski definition) is 3. The third-order valence-electron chi connectivity index (χ3n) is 6.13. The lowest BCUT2D eigenvalue weighted by molar-refractivity contribution is -0.128. The Morgan fingerprint density at radius 2 is 1.90 bits per heavy atom. The second kappa shape index (κ2) is 5.88. The quantitative estimate of drug-likeness (QED) is 0.837. The normalized spacial score (nSPS) is 37.2. The van der Waals surface area contributed by atoms with E-state index < -0.39 is 0 Å². The number of nitrogens with one attached hydrogen (secondary N) is 2. The van der Waals surface area contributed by atoms with Crippen molar-refractivity contribution in [1.29, 1.82) is 0 Å². The molecule has 0 aromatic heterocycles. The molecule has 1 aliphatic carbocycles. The van der Waals surface area contributed by atoms with Crippen LogP contribution in [0.2, 0.25) is 0 Å². The molecule has 3 fully saturated rings. The summed E-state index contributed by atoms with van der Waals surface area (Å²) in [6, 6.07) is 1.44. The number of amides is 1. The van der Waals surface area contributed by atoms with Crippen LogP contribution in [-0.4, -0.2) is 47.1 Å². The number of likely N-dealkylation sites (tertiary alicyclic amines) is 1. The van der Waals surface area contributed by atoms with E-state index in [1.165, 1.54) is 32.1 Å². The van der Waals surface area contributed by atoms with Crippen molar-refractivity contribution in [2.24, 2.45) is 0 Å². The number of carbonyl (C=O) groups is 1. The minimum atomic E-state index is 0.00438. The zero-order chi connectivity index (χ0) is 15.0. The fourth-order valence-electron chi connectivity index (χ4n) is 4.70. The summed E-state index contributed by atoms with van der Waals surface area (Å²) in [5.74, 6) is 0.233. The first-order chi connectivity index (χ1) is 10.0. The molecule has 0 aromatic rings. The summed E-state index contributed by atoms with van der Waals surface area (Å²) in [6.07, 6.45) is 8.55. The SMILES string of the molecule is CC1CCC(C)N1C(C)C(=O)NC1CCNC2(CCC2)C1. The van der Waals surface area contributed by atoms with E-state index in [2.05, 4.69) is 36.3 Å². The Morgan fingerprint density at radius 3 is 2.48 bits per heavy atom. The van der Waals surface area contributed by atoms with Gasteiger partial charge in [0.2, 0.25) is 5.91 Å². The second-order valence-electron chi connectivity index (χ2n) is 7.66. The van der Waals surface area contributed by atoms with Crippen LogP contribution in [-0.2, 0) is 4.79 Å². The number of piperidine rings is 1. The topological polar surface area (TPSA) is 44.4 Å². The van der Waals surface area contributed by atoms with E-state index in [0.717, 1.165) is 19.4 Å². The molecule has 4 atom stereocenters. The van der Waals surface area contributed by atoms with Crippen molar-refractivity contribution in [3.63, 3.8) is 0 Å². The van der Waals surface area contributed by atoms with Gasteiger partial charge >= 0.3 is 0 Å². The molecule has 21 heavy (non-hydrogen) atoms. The molecule has 4 unspecified atom stereocenters. The molecule has 0 aromatic carbocycles. The van der Waals surface area contributed by atoms with Gasteiger partial charge in [0.25, 0.3) is 0 Å². The summed E-state index contributed by atoms with van der Waals surface area (Å²) in [4.78, 5) is 15.0. The lowest BCUT2D eigenvalue weighted by atomic mass is 9.70. The highest BCUT2D eigenvalue weighted by atomic mass is 16.2. The maximum Gasteiger partial charge on any atom is 0.237 e. The van der Waals surface area contributed by atoms with Crippen LogP contribution in [0.15, 0.2) is 0 Å². The summed E-state index contributed by atoms with van der Waals surface area (Å²) in [7, 11) is 0. The summed E-state index contributed by atoms with van der Waals surface area (Å²) in [5, 5.41) is 7.01. The molecule has 2 saturated heterocycles. The van der Waals surface area contributed by atoms with Crippen molar-refractivity contribution in [3.8, 4) is 0 Å². The van der Waals surface area contributed by atoms with E-state index in [-0.39, 0.29) is 11.9 Å². The summed E-state index contributed by atoms with van der Waals surface area (Å²) in [6.45, 7) is 7.63. The van der Waals surface area contributed by atoms with E-state index in [1.54, 1.807) is 0 Å². The van der Waals surface area contributed by atoms with Gasteiger partial charge < -0.3 is 10.6 Å². The molecule has 2 N–H and O–H groups in total. The van der Waals surface area contributed by atoms with Crippen LogP contribution in [0, 0.1) is 0 Å². The number of rotatable bonds is 3. The van der Waals surface area contributed by atoms with Gasteiger partial charge in [0.05, 0.1) is 6.04 Å². The molecule has 2 aliphatic heterocycles. The van der Waals surface area contributed by atoms with Gasteiger partial charge in [0, 0.05) is 23.7 Å². The Morgan fingerprint density at radius 1 is 1.24 bits per heavy atom. The first-order valence-corrected chi connectivity index (χ1v) is 8.84. The van der Waals surface area contributed by atoms with Gasteiger partial charge in [-0.05, 0) is 72.3 Å². The zero-order valence-electron chi connectivity index (χ0n) is 13.8. The Kier molecular flexibility index (Phi) is 4.28. The van der Waals surface area contributed by atoms with E-state index in [1.807, 2.05) is 0 Å². The Bertz CT molecular complexity index is 383. The van der Waals surface area contributed by atoms with Crippen LogP contribution >= 0.6 is 0 Å². The molecule has 0 radical (unpaired) electrons. The van der Waals surface area contributed by atoms with Crippen LogP contribution < -0.4 is 10.6 Å². The van der Waals surface area contributed by atoms with Crippen molar-refractivity contribution in [1.82, 2.24) is 15.5 Å². The molecule has 2 heterocycles. The van der Waals surface area contributed by atoms with Crippen molar-refractivity contribution < 1.29 is 4.79 Å². The molecule has 1 spiro atoms. The van der Waals surface area contributed by atoms with Crippen LogP contribution in [0.3, 0.4) is 0 Å². The van der Waals surface area contributed by atoms with E-state index in [0.29, 0.717) is 23.7 Å². The second-order valence-corrected chi connectivity index (χ2v) is 7.66. The van der Waals surface area contributed by atoms with Crippen LogP contribution in [0.1, 0.15) is 65.7 Å². The van der Waals surface area contributed by atoms with Crippen LogP contribution in [0.4, 0.5) is 0 Å². The van der Waals surface area contributed by atoms with Gasteiger partial charge in [0.15, 0.2) is 0 Å². The van der Waals surface area contributed by atoms with Gasteiger partial charge in [-0.3, -0.25) is 9.69 Å². The van der Waals surface area contributed by atoms with Gasteiger partial charge in [0.1, 0.15) is 0 Å². The average Bonchev–Trinajstić information content (AvgIpc) is 2.76. The van der Waals surface area contributed by atoms with E-state index >= 15 is 0 Å². The van der Waals surface area contributed by atoms with Crippen LogP contribution in [0.25, 0.3) is 0 Å². The molecule has 120 valence electrons. The van der Waals surface area contributed by atoms with Crippen molar-refractivity contribution in [2.45, 2.75) is 95.4 Å². The fraction of sp³-hybridized carbons (Fsp3) is 0.941. The molecule has 3 rings (SSSR count). The third kappa shape index (κ3) is 2.98. The molecule has 4 nitrogen and oxygen atoms in total. The lowest BCUT2D eigenvalue weighted by Crippen LogP contribution is -2.61. The highest BCUT2D eigenvalue weighted by molar-refractivity contribution is 5.81. The van der Waals surface area contributed by atoms with Crippen molar-refractivity contribution >= 4 is 5.91 Å². The minimum absolute atomic E-state index is 0.00438. The van der Waals surface area contributed by atoms with Crippen molar-refractivity contribution in [2.75, 3.05) is 6.54 Å². The smallest absolute Gasteiger partial charge is 0.237 e. The summed E-state index contributed by atoms with van der Waals surface area (Å²) >= 11 is 0. The lowest BCUT2D eigenvalue weighted by Gasteiger charge is -2.48. The molecule has 1 saturated carbocycles. The zero-order valence-corrected chi connectivity index (χ0v) is 13.8. The number of nitrogens with zero attached hydrogens (tertiary/aromatic N) is 1. The highest BCUT2D eigenvalue weighted by Crippen LogP contribution is 2.38. The third-order valence-corrected chi connectivity index (χ3v) is 6.13. The summed E-state index contributed by atoms with van der Waals surface area (Å²) < 4.78 is 0. The molecular weight excluding hydrogens is 262 g/mol. The maximum atomic E-state index is 12.6. The molecule has 1 amide bonds. The summed E-state index contributed by atoms with van der Waals surface area (Å²) in [5.41, 5.74) is 0.355. The van der Waals surface area contributed by atoms with Gasteiger partial charge in [-0.15, -0.1) is 0 Å². The average molecular weight is 293 g/mol. The molecule has 3 aliphatic rings. The Hall–Kier alpha value is -0.610. The van der Waals surface area contributed by atoms with Crippen molar-refractivity contribution in [3.05, 3.63) is 0 Å². The van der Waals surface area contributed by atoms with Gasteiger partial charge in [-0.25, -0.2) is 0 Å². The number of carbonyl (C=O) groups excluding carboxylic acids is 1. The Labute approximate surface area is 129 Å².